The molecule has 0 unspecified atom stereocenters. The second kappa shape index (κ2) is 9.01. The number of carbonyl (C=O) groups excluding carboxylic acids is 2. The molecule has 4 atom stereocenters. The fourth-order valence-corrected chi connectivity index (χ4v) is 3.67. The molecular weight excluding hydrogens is 457 g/mol. The Labute approximate surface area is 192 Å². The molecule has 1 N–H and O–H groups in total. The van der Waals surface area contributed by atoms with Gasteiger partial charge in [0.25, 0.3) is 0 Å². The van der Waals surface area contributed by atoms with E-state index in [0.717, 1.165) is 0 Å². The lowest BCUT2D eigenvalue weighted by Crippen LogP contribution is -2.38. The van der Waals surface area contributed by atoms with Crippen molar-refractivity contribution in [1.29, 1.82) is 0 Å². The number of nitrogens with one attached hydrogen (secondary N) is 1. The Bertz CT molecular complexity index is 1280. The maximum Gasteiger partial charge on any atom is 0.303 e. The number of benzene rings is 1. The van der Waals surface area contributed by atoms with Gasteiger partial charge in [-0.25, -0.2) is 19.3 Å². The van der Waals surface area contributed by atoms with Crippen LogP contribution in [0.1, 0.15) is 20.1 Å². The van der Waals surface area contributed by atoms with Crippen molar-refractivity contribution in [1.82, 2.24) is 19.5 Å². The van der Waals surface area contributed by atoms with Gasteiger partial charge >= 0.3 is 11.9 Å². The van der Waals surface area contributed by atoms with E-state index in [4.69, 9.17) is 32.2 Å². The molecule has 4 rings (SSSR count). The number of imidazole rings is 1. The molecule has 3 aromatic rings. The molecular formula is C21H17ClFN5O5. The number of nitrogens with zero attached hydrogens (tertiary/aromatic N) is 4. The summed E-state index contributed by atoms with van der Waals surface area (Å²) in [5, 5.41) is 2.78. The van der Waals surface area contributed by atoms with Gasteiger partial charge in [-0.1, -0.05) is 23.6 Å². The van der Waals surface area contributed by atoms with Crippen LogP contribution >= 0.6 is 11.6 Å². The first kappa shape index (κ1) is 22.4. The highest BCUT2D eigenvalue weighted by molar-refractivity contribution is 6.31. The first-order valence-corrected chi connectivity index (χ1v) is 10.0. The molecule has 1 saturated heterocycles. The predicted octanol–water partition coefficient (Wildman–Crippen LogP) is 2.76. The predicted molar refractivity (Wildman–Crippen MR) is 114 cm³/mol. The van der Waals surface area contributed by atoms with Crippen LogP contribution in [0.3, 0.4) is 0 Å². The summed E-state index contributed by atoms with van der Waals surface area (Å²) in [6.45, 7) is 2.42. The fraction of sp³-hybridized carbons (Fsp3) is 0.286. The van der Waals surface area contributed by atoms with E-state index in [2.05, 4.69) is 26.2 Å². The third-order valence-corrected chi connectivity index (χ3v) is 5.09. The lowest BCUT2D eigenvalue weighted by atomic mass is 10.1. The Morgan fingerprint density at radius 1 is 1.21 bits per heavy atom. The highest BCUT2D eigenvalue weighted by Gasteiger charge is 2.50. The topological polar surface area (TPSA) is 117 Å². The van der Waals surface area contributed by atoms with Gasteiger partial charge in [-0.2, -0.15) is 0 Å². The highest BCUT2D eigenvalue weighted by Crippen LogP contribution is 2.36. The maximum atomic E-state index is 14.3. The monoisotopic (exact) mass is 473 g/mol. The Morgan fingerprint density at radius 3 is 2.64 bits per heavy atom. The van der Waals surface area contributed by atoms with Gasteiger partial charge < -0.3 is 19.5 Å². The van der Waals surface area contributed by atoms with Crippen LogP contribution in [0, 0.1) is 18.2 Å². The number of hydrogen-bond acceptors (Lipinski definition) is 9. The molecule has 0 saturated carbocycles. The third kappa shape index (κ3) is 4.30. The quantitative estimate of drug-likeness (QED) is 0.440. The molecule has 1 fully saturated rings. The van der Waals surface area contributed by atoms with Crippen LogP contribution in [0.2, 0.25) is 5.02 Å². The number of anilines is 2. The Morgan fingerprint density at radius 2 is 1.94 bits per heavy atom. The summed E-state index contributed by atoms with van der Waals surface area (Å²) in [6.07, 6.45) is 4.06. The molecule has 170 valence electrons. The second-order valence-corrected chi connectivity index (χ2v) is 7.44. The molecule has 3 heterocycles. The Hall–Kier alpha value is -3.75. The first-order valence-electron chi connectivity index (χ1n) is 9.64. The molecule has 0 spiro atoms. The Balaban J connectivity index is 1.74. The molecule has 1 aliphatic rings. The van der Waals surface area contributed by atoms with Gasteiger partial charge in [-0.3, -0.25) is 14.2 Å². The minimum Gasteiger partial charge on any atom is -0.455 e. The normalized spacial score (nSPS) is 22.0. The summed E-state index contributed by atoms with van der Waals surface area (Å²) in [6, 6.07) is 4.49. The number of terminal acetylenes is 1. The molecule has 1 aliphatic heterocycles. The van der Waals surface area contributed by atoms with E-state index in [1.807, 2.05) is 0 Å². The van der Waals surface area contributed by atoms with Crippen molar-refractivity contribution >= 4 is 46.2 Å². The first-order chi connectivity index (χ1) is 15.8. The molecule has 1 aromatic carbocycles. The van der Waals surface area contributed by atoms with Gasteiger partial charge in [0.05, 0.1) is 17.0 Å². The van der Waals surface area contributed by atoms with Gasteiger partial charge in [-0.15, -0.1) is 6.42 Å². The largest absolute Gasteiger partial charge is 0.455 e. The van der Waals surface area contributed by atoms with E-state index < -0.39 is 42.3 Å². The lowest BCUT2D eigenvalue weighted by molar-refractivity contribution is -0.165. The zero-order chi connectivity index (χ0) is 23.7. The number of halogens is 2. The molecule has 0 bridgehead atoms. The average molecular weight is 474 g/mol. The van der Waals surface area contributed by atoms with Gasteiger partial charge in [-0.05, 0) is 12.1 Å². The highest BCUT2D eigenvalue weighted by atomic mass is 35.5. The Kier molecular flexibility index (Phi) is 6.13. The number of fused-ring (bicyclic) bond motifs is 1. The van der Waals surface area contributed by atoms with Crippen molar-refractivity contribution in [2.75, 3.05) is 5.32 Å². The molecule has 33 heavy (non-hydrogen) atoms. The number of esters is 2. The zero-order valence-electron chi connectivity index (χ0n) is 17.4. The van der Waals surface area contributed by atoms with Crippen molar-refractivity contribution in [2.45, 2.75) is 38.4 Å². The number of aromatic nitrogens is 4. The van der Waals surface area contributed by atoms with E-state index in [1.54, 1.807) is 6.07 Å². The van der Waals surface area contributed by atoms with E-state index in [0.29, 0.717) is 0 Å². The van der Waals surface area contributed by atoms with Crippen LogP contribution in [0.4, 0.5) is 15.9 Å². The summed E-state index contributed by atoms with van der Waals surface area (Å²) in [5.74, 6) is 0.703. The third-order valence-electron chi connectivity index (χ3n) is 4.80. The lowest BCUT2D eigenvalue weighted by Gasteiger charge is -2.23. The van der Waals surface area contributed by atoms with E-state index >= 15 is 0 Å². The molecule has 2 aromatic heterocycles. The van der Waals surface area contributed by atoms with Gasteiger partial charge in [0.2, 0.25) is 0 Å². The standard InChI is InChI=1S/C21H17ClFN5O5/c1-4-14-17(31-10(2)29)18(32-11(3)30)21(33-14)28-9-26-16-19(24-8-25-20(16)28)27-13-7-5-6-12(22)15(13)23/h1,5-9,14,17-18,21H,2-3H3,(H,24,25,27)/t14-,17-,18-,21-/m1/s1. The number of hydrogen-bond donors (Lipinski definition) is 1. The van der Waals surface area contributed by atoms with E-state index in [1.165, 1.54) is 43.2 Å². The smallest absolute Gasteiger partial charge is 0.303 e. The number of carbonyl (C=O) groups is 2. The molecule has 0 amide bonds. The molecule has 10 nitrogen and oxygen atoms in total. The van der Waals surface area contributed by atoms with Gasteiger partial charge in [0.1, 0.15) is 6.33 Å². The average Bonchev–Trinajstić information content (AvgIpc) is 3.33. The number of ether oxygens (including phenoxy) is 3. The van der Waals surface area contributed by atoms with Crippen molar-refractivity contribution < 1.29 is 28.2 Å². The molecule has 12 heteroatoms. The second-order valence-electron chi connectivity index (χ2n) is 7.03. The van der Waals surface area contributed by atoms with Gasteiger partial charge in [0, 0.05) is 13.8 Å². The minimum atomic E-state index is -1.07. The summed E-state index contributed by atoms with van der Waals surface area (Å²) < 4.78 is 32.3. The minimum absolute atomic E-state index is 0.0590. The summed E-state index contributed by atoms with van der Waals surface area (Å²) in [4.78, 5) is 36.0. The van der Waals surface area contributed by atoms with Crippen LogP contribution in [-0.2, 0) is 23.8 Å². The van der Waals surface area contributed by atoms with E-state index in [9.17, 15) is 14.0 Å². The molecule has 0 aliphatic carbocycles. The maximum absolute atomic E-state index is 14.3. The van der Waals surface area contributed by atoms with Crippen LogP contribution in [0.25, 0.3) is 11.2 Å². The van der Waals surface area contributed by atoms with Crippen molar-refractivity contribution in [3.05, 3.63) is 41.7 Å². The van der Waals surface area contributed by atoms with Crippen LogP contribution in [-0.4, -0.2) is 49.8 Å². The van der Waals surface area contributed by atoms with Crippen LogP contribution in [0.5, 0.6) is 0 Å². The fourth-order valence-electron chi connectivity index (χ4n) is 3.49. The molecule has 0 radical (unpaired) electrons. The van der Waals surface area contributed by atoms with Crippen LogP contribution < -0.4 is 5.32 Å². The number of rotatable bonds is 5. The summed E-state index contributed by atoms with van der Waals surface area (Å²) >= 11 is 5.85. The van der Waals surface area contributed by atoms with E-state index in [-0.39, 0.29) is 27.7 Å². The summed E-state index contributed by atoms with van der Waals surface area (Å²) in [5.41, 5.74) is 0.640. The SMILES string of the molecule is C#C[C@H]1O[C@@H](n2cnc3c(Nc4cccc(Cl)c4F)ncnc32)[C@H](OC(C)=O)[C@@H]1OC(C)=O. The van der Waals surface area contributed by atoms with Crippen LogP contribution in [0.15, 0.2) is 30.9 Å². The van der Waals surface area contributed by atoms with Gasteiger partial charge in [0.15, 0.2) is 47.3 Å². The summed E-state index contributed by atoms with van der Waals surface area (Å²) in [7, 11) is 0. The van der Waals surface area contributed by atoms with Crippen molar-refractivity contribution in [3.63, 3.8) is 0 Å². The van der Waals surface area contributed by atoms with Crippen molar-refractivity contribution in [3.8, 4) is 12.3 Å². The zero-order valence-corrected chi connectivity index (χ0v) is 18.1. The van der Waals surface area contributed by atoms with Crippen molar-refractivity contribution in [2.24, 2.45) is 0 Å².